The number of aromatic amines is 1. The number of amides is 1. The molecule has 0 fully saturated rings. The van der Waals surface area contributed by atoms with E-state index in [1.165, 1.54) is 11.8 Å². The van der Waals surface area contributed by atoms with Crippen LogP contribution in [0.25, 0.3) is 0 Å². The van der Waals surface area contributed by atoms with Gasteiger partial charge in [-0.25, -0.2) is 9.89 Å². The highest BCUT2D eigenvalue weighted by Crippen LogP contribution is 2.27. The summed E-state index contributed by atoms with van der Waals surface area (Å²) in [5.41, 5.74) is 1.41. The smallest absolute Gasteiger partial charge is 0.343 e. The number of aromatic nitrogens is 3. The highest BCUT2D eigenvalue weighted by atomic mass is 32.2. The summed E-state index contributed by atoms with van der Waals surface area (Å²) in [6.45, 7) is 6.38. The Kier molecular flexibility index (Phi) is 6.69. The van der Waals surface area contributed by atoms with Gasteiger partial charge < -0.3 is 10.1 Å². The van der Waals surface area contributed by atoms with Crippen molar-refractivity contribution >= 4 is 23.4 Å². The number of hydrogen-bond acceptors (Lipinski definition) is 5. The molecule has 25 heavy (non-hydrogen) atoms. The first-order chi connectivity index (χ1) is 12.0. The number of aryl methyl sites for hydroxylation is 1. The Bertz CT molecular complexity index is 784. The van der Waals surface area contributed by atoms with Crippen molar-refractivity contribution in [2.45, 2.75) is 50.6 Å². The fraction of sp³-hybridized carbons (Fsp3) is 0.471. The molecule has 1 heterocycles. The van der Waals surface area contributed by atoms with E-state index in [9.17, 15) is 9.59 Å². The first kappa shape index (κ1) is 19.1. The first-order valence-corrected chi connectivity index (χ1v) is 9.11. The second-order valence-electron chi connectivity index (χ2n) is 5.77. The van der Waals surface area contributed by atoms with Gasteiger partial charge in [0.2, 0.25) is 5.91 Å². The van der Waals surface area contributed by atoms with Gasteiger partial charge in [-0.15, -0.1) is 5.10 Å². The van der Waals surface area contributed by atoms with Crippen LogP contribution in [0.1, 0.15) is 32.3 Å². The van der Waals surface area contributed by atoms with Gasteiger partial charge in [0.25, 0.3) is 0 Å². The van der Waals surface area contributed by atoms with E-state index in [-0.39, 0.29) is 11.6 Å². The van der Waals surface area contributed by atoms with E-state index >= 15 is 0 Å². The molecule has 0 aliphatic heterocycles. The van der Waals surface area contributed by atoms with E-state index in [1.807, 2.05) is 25.1 Å². The van der Waals surface area contributed by atoms with Crippen molar-refractivity contribution < 1.29 is 9.53 Å². The van der Waals surface area contributed by atoms with Crippen LogP contribution in [0.2, 0.25) is 0 Å². The van der Waals surface area contributed by atoms with E-state index in [2.05, 4.69) is 22.4 Å². The van der Waals surface area contributed by atoms with E-state index in [4.69, 9.17) is 4.74 Å². The lowest BCUT2D eigenvalue weighted by Gasteiger charge is -2.14. The Morgan fingerprint density at radius 2 is 2.24 bits per heavy atom. The number of anilines is 1. The second-order valence-corrected chi connectivity index (χ2v) is 7.08. The standard InChI is InChI=1S/C17H24N4O3S/c1-5-6-9-21-16(23)19-20-17(21)25-12(3)15(22)18-13-10-11(2)7-8-14(13)24-4/h7-8,10,12H,5-6,9H2,1-4H3,(H,18,22)(H,19,23)/t12-/m0/s1. The summed E-state index contributed by atoms with van der Waals surface area (Å²) < 4.78 is 6.86. The number of unbranched alkanes of at least 4 members (excludes halogenated alkanes) is 1. The topological polar surface area (TPSA) is 89.0 Å². The molecule has 0 saturated carbocycles. The number of carbonyl (C=O) groups is 1. The molecule has 1 aromatic carbocycles. The normalized spacial score (nSPS) is 12.0. The van der Waals surface area contributed by atoms with Crippen LogP contribution in [0, 0.1) is 6.92 Å². The van der Waals surface area contributed by atoms with Gasteiger partial charge in [0.15, 0.2) is 5.16 Å². The van der Waals surface area contributed by atoms with Crippen molar-refractivity contribution in [1.29, 1.82) is 0 Å². The molecular formula is C17H24N4O3S. The molecule has 2 rings (SSSR count). The lowest BCUT2D eigenvalue weighted by Crippen LogP contribution is -2.24. The van der Waals surface area contributed by atoms with Crippen LogP contribution in [-0.4, -0.2) is 33.0 Å². The molecule has 1 atom stereocenters. The van der Waals surface area contributed by atoms with Gasteiger partial charge in [0, 0.05) is 6.54 Å². The predicted octanol–water partition coefficient (Wildman–Crippen LogP) is 2.81. The number of rotatable bonds is 8. The Labute approximate surface area is 151 Å². The minimum atomic E-state index is -0.416. The van der Waals surface area contributed by atoms with Crippen molar-refractivity contribution in [3.63, 3.8) is 0 Å². The van der Waals surface area contributed by atoms with Crippen molar-refractivity contribution in [1.82, 2.24) is 14.8 Å². The summed E-state index contributed by atoms with van der Waals surface area (Å²) in [5, 5.41) is 9.47. The van der Waals surface area contributed by atoms with Crippen molar-refractivity contribution in [2.75, 3.05) is 12.4 Å². The van der Waals surface area contributed by atoms with Crippen LogP contribution >= 0.6 is 11.8 Å². The minimum absolute atomic E-state index is 0.175. The van der Waals surface area contributed by atoms with Gasteiger partial charge in [-0.05, 0) is 38.0 Å². The van der Waals surface area contributed by atoms with Crippen LogP contribution in [-0.2, 0) is 11.3 Å². The number of nitrogens with zero attached hydrogens (tertiary/aromatic N) is 2. The Morgan fingerprint density at radius 1 is 1.48 bits per heavy atom. The Balaban J connectivity index is 2.09. The molecule has 0 saturated heterocycles. The van der Waals surface area contributed by atoms with Gasteiger partial charge in [0.05, 0.1) is 18.0 Å². The number of ether oxygens (including phenoxy) is 1. The van der Waals surface area contributed by atoms with E-state index in [0.29, 0.717) is 23.1 Å². The zero-order chi connectivity index (χ0) is 18.4. The monoisotopic (exact) mass is 364 g/mol. The van der Waals surface area contributed by atoms with E-state index in [1.54, 1.807) is 18.6 Å². The molecular weight excluding hydrogens is 340 g/mol. The summed E-state index contributed by atoms with van der Waals surface area (Å²) in [7, 11) is 1.56. The van der Waals surface area contributed by atoms with Crippen LogP contribution in [0.15, 0.2) is 28.2 Å². The van der Waals surface area contributed by atoms with Crippen LogP contribution in [0.4, 0.5) is 5.69 Å². The molecule has 1 amide bonds. The van der Waals surface area contributed by atoms with Gasteiger partial charge in [0.1, 0.15) is 5.75 Å². The number of nitrogens with one attached hydrogen (secondary N) is 2. The van der Waals surface area contributed by atoms with Crippen LogP contribution < -0.4 is 15.7 Å². The number of hydrogen-bond donors (Lipinski definition) is 2. The molecule has 136 valence electrons. The van der Waals surface area contributed by atoms with Gasteiger partial charge in [-0.3, -0.25) is 9.36 Å². The molecule has 0 unspecified atom stereocenters. The SMILES string of the molecule is CCCCn1c(S[C@@H](C)C(=O)Nc2cc(C)ccc2OC)n[nH]c1=O. The largest absolute Gasteiger partial charge is 0.495 e. The quantitative estimate of drug-likeness (QED) is 0.703. The molecule has 0 bridgehead atoms. The molecule has 2 N–H and O–H groups in total. The maximum absolute atomic E-state index is 12.5. The van der Waals surface area contributed by atoms with Crippen molar-refractivity contribution in [3.8, 4) is 5.75 Å². The molecule has 1 aromatic heterocycles. The average Bonchev–Trinajstić information content (AvgIpc) is 2.93. The molecule has 7 nitrogen and oxygen atoms in total. The number of H-pyrrole nitrogens is 1. The molecule has 2 aromatic rings. The summed E-state index contributed by atoms with van der Waals surface area (Å²) >= 11 is 1.25. The fourth-order valence-corrected chi connectivity index (χ4v) is 3.15. The molecule has 0 radical (unpaired) electrons. The number of thioether (sulfide) groups is 1. The zero-order valence-electron chi connectivity index (χ0n) is 15.0. The number of methoxy groups -OCH3 is 1. The minimum Gasteiger partial charge on any atom is -0.495 e. The zero-order valence-corrected chi connectivity index (χ0v) is 15.8. The molecule has 8 heteroatoms. The molecule has 0 aliphatic carbocycles. The number of benzene rings is 1. The van der Waals surface area contributed by atoms with E-state index in [0.717, 1.165) is 18.4 Å². The third-order valence-electron chi connectivity index (χ3n) is 3.72. The van der Waals surface area contributed by atoms with Crippen molar-refractivity contribution in [3.05, 3.63) is 34.2 Å². The summed E-state index contributed by atoms with van der Waals surface area (Å²) in [6, 6.07) is 5.60. The highest BCUT2D eigenvalue weighted by Gasteiger charge is 2.20. The fourth-order valence-electron chi connectivity index (χ4n) is 2.27. The maximum atomic E-state index is 12.5. The van der Waals surface area contributed by atoms with Crippen LogP contribution in [0.3, 0.4) is 0 Å². The lowest BCUT2D eigenvalue weighted by molar-refractivity contribution is -0.115. The van der Waals surface area contributed by atoms with Gasteiger partial charge >= 0.3 is 5.69 Å². The average molecular weight is 364 g/mol. The third-order valence-corrected chi connectivity index (χ3v) is 4.81. The Hall–Kier alpha value is -2.22. The first-order valence-electron chi connectivity index (χ1n) is 8.23. The highest BCUT2D eigenvalue weighted by molar-refractivity contribution is 8.00. The molecule has 0 aliphatic rings. The summed E-state index contributed by atoms with van der Waals surface area (Å²) in [5.74, 6) is 0.433. The Morgan fingerprint density at radius 3 is 2.92 bits per heavy atom. The van der Waals surface area contributed by atoms with Crippen molar-refractivity contribution in [2.24, 2.45) is 0 Å². The molecule has 0 spiro atoms. The van der Waals surface area contributed by atoms with E-state index < -0.39 is 5.25 Å². The second kappa shape index (κ2) is 8.75. The summed E-state index contributed by atoms with van der Waals surface area (Å²) in [6.07, 6.45) is 1.86. The lowest BCUT2D eigenvalue weighted by atomic mass is 10.2. The predicted molar refractivity (Wildman–Crippen MR) is 99.4 cm³/mol. The van der Waals surface area contributed by atoms with Crippen LogP contribution in [0.5, 0.6) is 5.75 Å². The third kappa shape index (κ3) is 4.88. The summed E-state index contributed by atoms with van der Waals surface area (Å²) in [4.78, 5) is 24.3. The van der Waals surface area contributed by atoms with Gasteiger partial charge in [-0.2, -0.15) is 0 Å². The maximum Gasteiger partial charge on any atom is 0.343 e. The van der Waals surface area contributed by atoms with Gasteiger partial charge in [-0.1, -0.05) is 31.2 Å². The number of carbonyl (C=O) groups excluding carboxylic acids is 1.